The molecule has 1 heterocycles. The number of fused-ring (bicyclic) bond motifs is 5. The number of ketones is 1. The standard InChI is InChI=1S/C42H31NO7/c1-49-31-21-15-25(16-22-31)33-34(26-17-23-32(50-2)24-18-26)42(29-11-7-4-8-12-29)36-35(41(33,40(42)48)28-9-5-3-6-10-28)37(44)43(38(36)45)30-19-13-27(14-20-30)39(46)47/h3-24,35-36H,1-2H3,(H,46,47)/t35-,36+,41+,42-. The molecule has 8 heteroatoms. The third-order valence-electron chi connectivity index (χ3n) is 10.6. The number of carbonyl (C=O) groups excluding carboxylic acids is 3. The smallest absolute Gasteiger partial charge is 0.335 e. The summed E-state index contributed by atoms with van der Waals surface area (Å²) in [6, 6.07) is 39.1. The summed E-state index contributed by atoms with van der Waals surface area (Å²) < 4.78 is 11.0. The van der Waals surface area contributed by atoms with E-state index in [1.807, 2.05) is 109 Å². The molecule has 3 aliphatic rings. The van der Waals surface area contributed by atoms with Gasteiger partial charge in [0, 0.05) is 0 Å². The van der Waals surface area contributed by atoms with Gasteiger partial charge in [0.2, 0.25) is 11.8 Å². The molecule has 5 aromatic carbocycles. The van der Waals surface area contributed by atoms with Gasteiger partial charge in [-0.3, -0.25) is 14.4 Å². The van der Waals surface area contributed by atoms with Crippen molar-refractivity contribution in [3.05, 3.63) is 161 Å². The van der Waals surface area contributed by atoms with Gasteiger partial charge in [-0.1, -0.05) is 84.9 Å². The highest BCUT2D eigenvalue weighted by molar-refractivity contribution is 6.39. The van der Waals surface area contributed by atoms with Crippen molar-refractivity contribution < 1.29 is 33.8 Å². The molecule has 50 heavy (non-hydrogen) atoms. The van der Waals surface area contributed by atoms with Crippen molar-refractivity contribution in [1.29, 1.82) is 0 Å². The fraction of sp³-hybridized carbons (Fsp3) is 0.143. The van der Waals surface area contributed by atoms with E-state index < -0.39 is 40.4 Å². The number of nitrogens with zero attached hydrogens (tertiary/aromatic N) is 1. The van der Waals surface area contributed by atoms with Gasteiger partial charge in [-0.2, -0.15) is 0 Å². The number of amides is 2. The zero-order valence-corrected chi connectivity index (χ0v) is 27.2. The molecular weight excluding hydrogens is 630 g/mol. The molecule has 5 aromatic rings. The first kappa shape index (κ1) is 31.0. The Kier molecular flexibility index (Phi) is 7.08. The highest BCUT2D eigenvalue weighted by Gasteiger charge is 2.82. The number of aromatic carboxylic acids is 1. The molecule has 1 aliphatic heterocycles. The number of ether oxygens (including phenoxy) is 2. The number of methoxy groups -OCH3 is 2. The number of allylic oxidation sites excluding steroid dienone is 2. The maximum Gasteiger partial charge on any atom is 0.335 e. The first-order valence-corrected chi connectivity index (χ1v) is 16.2. The van der Waals surface area contributed by atoms with Crippen molar-refractivity contribution in [2.75, 3.05) is 19.1 Å². The number of benzene rings is 5. The lowest BCUT2D eigenvalue weighted by Crippen LogP contribution is -2.45. The van der Waals surface area contributed by atoms with E-state index in [0.717, 1.165) is 16.0 Å². The number of carboxylic acids is 1. The monoisotopic (exact) mass is 661 g/mol. The summed E-state index contributed by atoms with van der Waals surface area (Å²) in [4.78, 5) is 59.0. The topological polar surface area (TPSA) is 110 Å². The third kappa shape index (κ3) is 3.99. The molecule has 8 rings (SSSR count). The minimum Gasteiger partial charge on any atom is -0.497 e. The third-order valence-corrected chi connectivity index (χ3v) is 10.6. The zero-order chi connectivity index (χ0) is 34.8. The number of rotatable bonds is 8. The van der Waals surface area contributed by atoms with E-state index in [1.54, 1.807) is 14.2 Å². The van der Waals surface area contributed by atoms with Crippen molar-refractivity contribution in [1.82, 2.24) is 0 Å². The second-order valence-electron chi connectivity index (χ2n) is 12.7. The molecule has 2 aliphatic carbocycles. The molecule has 0 radical (unpaired) electrons. The Morgan fingerprint density at radius 2 is 0.980 bits per heavy atom. The number of anilines is 1. The molecule has 8 nitrogen and oxygen atoms in total. The molecule has 2 bridgehead atoms. The summed E-state index contributed by atoms with van der Waals surface area (Å²) in [5.74, 6) is -3.36. The fourth-order valence-electron chi connectivity index (χ4n) is 8.65. The van der Waals surface area contributed by atoms with Crippen LogP contribution in [0.1, 0.15) is 32.6 Å². The van der Waals surface area contributed by atoms with Crippen molar-refractivity contribution in [3.8, 4) is 11.5 Å². The van der Waals surface area contributed by atoms with Crippen LogP contribution in [0.3, 0.4) is 0 Å². The number of carbonyl (C=O) groups is 4. The quantitative estimate of drug-likeness (QED) is 0.187. The van der Waals surface area contributed by atoms with E-state index in [9.17, 15) is 9.90 Å². The number of hydrogen-bond acceptors (Lipinski definition) is 6. The Morgan fingerprint density at radius 3 is 1.34 bits per heavy atom. The zero-order valence-electron chi connectivity index (χ0n) is 27.2. The molecule has 4 atom stereocenters. The van der Waals surface area contributed by atoms with Crippen LogP contribution < -0.4 is 14.4 Å². The van der Waals surface area contributed by atoms with Crippen molar-refractivity contribution >= 4 is 40.4 Å². The van der Waals surface area contributed by atoms with E-state index in [2.05, 4.69) is 0 Å². The summed E-state index contributed by atoms with van der Waals surface area (Å²) in [6.07, 6.45) is 0. The van der Waals surface area contributed by atoms with Crippen LogP contribution in [0.15, 0.2) is 133 Å². The van der Waals surface area contributed by atoms with Crippen LogP contribution in [0, 0.1) is 11.8 Å². The lowest BCUT2D eigenvalue weighted by Gasteiger charge is -2.39. The van der Waals surface area contributed by atoms with Crippen molar-refractivity contribution in [2.24, 2.45) is 11.8 Å². The Hall–Kier alpha value is -6.28. The Labute approximate surface area is 288 Å². The van der Waals surface area contributed by atoms with E-state index in [4.69, 9.17) is 9.47 Å². The molecule has 1 N–H and O–H groups in total. The van der Waals surface area contributed by atoms with Gasteiger partial charge in [0.15, 0.2) is 5.78 Å². The summed E-state index contributed by atoms with van der Waals surface area (Å²) in [5.41, 5.74) is 1.07. The summed E-state index contributed by atoms with van der Waals surface area (Å²) >= 11 is 0. The van der Waals surface area contributed by atoms with E-state index in [-0.39, 0.29) is 17.0 Å². The average molecular weight is 662 g/mol. The van der Waals surface area contributed by atoms with Gasteiger partial charge >= 0.3 is 5.97 Å². The lowest BCUT2D eigenvalue weighted by molar-refractivity contribution is -0.130. The number of Topliss-reactive ketones (excluding diaryl/α,β-unsaturated/α-hetero) is 1. The largest absolute Gasteiger partial charge is 0.497 e. The molecule has 0 aromatic heterocycles. The number of imide groups is 1. The fourth-order valence-corrected chi connectivity index (χ4v) is 8.65. The van der Waals surface area contributed by atoms with Crippen molar-refractivity contribution in [2.45, 2.75) is 10.8 Å². The summed E-state index contributed by atoms with van der Waals surface area (Å²) in [6.45, 7) is 0. The van der Waals surface area contributed by atoms with Crippen LogP contribution in [0.4, 0.5) is 5.69 Å². The molecule has 2 fully saturated rings. The molecule has 0 spiro atoms. The van der Waals surface area contributed by atoms with Crippen LogP contribution in [-0.4, -0.2) is 42.9 Å². The summed E-state index contributed by atoms with van der Waals surface area (Å²) in [7, 11) is 3.16. The Bertz CT molecular complexity index is 2080. The molecule has 2 amide bonds. The maximum absolute atomic E-state index is 16.0. The first-order valence-electron chi connectivity index (χ1n) is 16.2. The van der Waals surface area contributed by atoms with Crippen LogP contribution in [0.2, 0.25) is 0 Å². The Balaban J connectivity index is 1.51. The minimum absolute atomic E-state index is 0.0232. The predicted molar refractivity (Wildman–Crippen MR) is 187 cm³/mol. The number of hydrogen-bond donors (Lipinski definition) is 1. The molecule has 1 saturated carbocycles. The highest BCUT2D eigenvalue weighted by Crippen LogP contribution is 2.74. The van der Waals surface area contributed by atoms with Gasteiger partial charge in [0.25, 0.3) is 0 Å². The summed E-state index contributed by atoms with van der Waals surface area (Å²) in [5, 5.41) is 9.54. The van der Waals surface area contributed by atoms with Gasteiger partial charge in [0.05, 0.1) is 48.1 Å². The SMILES string of the molecule is COc1ccc(C2=C(c3ccc(OC)cc3)[C@]3(c4ccccc4)C(=O)[C@@]2(c2ccccc2)[C@@H]2C(=O)N(c4ccc(C(=O)O)cc4)C(=O)[C@@H]23)cc1. The average Bonchev–Trinajstić information content (AvgIpc) is 3.67. The second kappa shape index (κ2) is 11.4. The molecule has 246 valence electrons. The van der Waals surface area contributed by atoms with Crippen molar-refractivity contribution in [3.63, 3.8) is 0 Å². The maximum atomic E-state index is 16.0. The molecular formula is C42H31NO7. The van der Waals surface area contributed by atoms with Gasteiger partial charge in [-0.15, -0.1) is 0 Å². The normalized spacial score (nSPS) is 23.7. The molecule has 1 saturated heterocycles. The van der Waals surface area contributed by atoms with Gasteiger partial charge in [0.1, 0.15) is 11.5 Å². The van der Waals surface area contributed by atoms with E-state index in [1.165, 1.54) is 24.3 Å². The lowest BCUT2D eigenvalue weighted by atomic mass is 9.59. The predicted octanol–water partition coefficient (Wildman–Crippen LogP) is 6.59. The highest BCUT2D eigenvalue weighted by atomic mass is 16.5. The minimum atomic E-state index is -1.58. The first-order chi connectivity index (χ1) is 24.3. The van der Waals surface area contributed by atoms with Crippen LogP contribution in [0.25, 0.3) is 11.1 Å². The van der Waals surface area contributed by atoms with Crippen LogP contribution in [-0.2, 0) is 25.2 Å². The van der Waals surface area contributed by atoms with E-state index in [0.29, 0.717) is 33.8 Å². The Morgan fingerprint density at radius 1 is 0.580 bits per heavy atom. The number of carboxylic acid groups (broad SMARTS) is 1. The van der Waals surface area contributed by atoms with Gasteiger partial charge in [-0.05, 0) is 81.9 Å². The van der Waals surface area contributed by atoms with Gasteiger partial charge in [-0.25, -0.2) is 9.69 Å². The van der Waals surface area contributed by atoms with Crippen LogP contribution in [0.5, 0.6) is 11.5 Å². The van der Waals surface area contributed by atoms with Crippen LogP contribution >= 0.6 is 0 Å². The van der Waals surface area contributed by atoms with Gasteiger partial charge < -0.3 is 14.6 Å². The second-order valence-corrected chi connectivity index (χ2v) is 12.7. The molecule has 0 unspecified atom stereocenters. The van der Waals surface area contributed by atoms with E-state index >= 15 is 14.4 Å².